The summed E-state index contributed by atoms with van der Waals surface area (Å²) in [5.41, 5.74) is 1.24. The van der Waals surface area contributed by atoms with Crippen LogP contribution in [0.3, 0.4) is 0 Å². The Bertz CT molecular complexity index is 1080. The number of nitrogens with zero attached hydrogens (tertiary/aromatic N) is 4. The maximum Gasteiger partial charge on any atom is 0.389 e. The van der Waals surface area contributed by atoms with Gasteiger partial charge in [-0.25, -0.2) is 4.98 Å². The number of aromatic nitrogens is 3. The average molecular weight is 528 g/mol. The lowest BCUT2D eigenvalue weighted by molar-refractivity contribution is -0.146. The molecule has 2 aromatic heterocycles. The van der Waals surface area contributed by atoms with E-state index >= 15 is 0 Å². The summed E-state index contributed by atoms with van der Waals surface area (Å²) < 4.78 is 45.1. The number of aryl methyl sites for hydroxylation is 1. The molecule has 0 bridgehead atoms. The van der Waals surface area contributed by atoms with Crippen molar-refractivity contribution in [2.75, 3.05) is 31.6 Å². The number of carbonyl (C=O) groups is 1. The highest BCUT2D eigenvalue weighted by Gasteiger charge is 2.38. The molecule has 0 atom stereocenters. The number of rotatable bonds is 8. The van der Waals surface area contributed by atoms with E-state index in [1.54, 1.807) is 21.8 Å². The quantitative estimate of drug-likeness (QED) is 0.486. The van der Waals surface area contributed by atoms with Crippen molar-refractivity contribution in [1.29, 1.82) is 0 Å². The molecule has 11 heteroatoms. The van der Waals surface area contributed by atoms with E-state index in [4.69, 9.17) is 16.3 Å². The van der Waals surface area contributed by atoms with E-state index in [9.17, 15) is 18.0 Å². The minimum absolute atomic E-state index is 0.154. The summed E-state index contributed by atoms with van der Waals surface area (Å²) in [6.07, 6.45) is 1.18. The number of carbonyl (C=O) groups excluding carboxylic acids is 1. The van der Waals surface area contributed by atoms with Crippen LogP contribution < -0.4 is 15.0 Å². The van der Waals surface area contributed by atoms with E-state index in [0.717, 1.165) is 18.8 Å². The molecule has 2 aromatic rings. The normalized spacial score (nSPS) is 20.8. The molecule has 2 aliphatic rings. The Morgan fingerprint density at radius 3 is 2.53 bits per heavy atom. The lowest BCUT2D eigenvalue weighted by Gasteiger charge is -2.40. The molecule has 3 heterocycles. The summed E-state index contributed by atoms with van der Waals surface area (Å²) in [5.74, 6) is 1.45. The monoisotopic (exact) mass is 527 g/mol. The van der Waals surface area contributed by atoms with Gasteiger partial charge in [0.2, 0.25) is 0 Å². The highest BCUT2D eigenvalue weighted by atomic mass is 35.5. The van der Waals surface area contributed by atoms with Crippen LogP contribution in [-0.2, 0) is 6.54 Å². The van der Waals surface area contributed by atoms with Crippen LogP contribution in [0.2, 0.25) is 5.02 Å². The van der Waals surface area contributed by atoms with Crippen LogP contribution in [0.25, 0.3) is 11.3 Å². The molecule has 1 aliphatic heterocycles. The Hall–Kier alpha value is -2.49. The third-order valence-electron chi connectivity index (χ3n) is 7.22. The average Bonchev–Trinajstić information content (AvgIpc) is 3.15. The maximum absolute atomic E-state index is 13.0. The van der Waals surface area contributed by atoms with E-state index in [0.29, 0.717) is 41.8 Å². The van der Waals surface area contributed by atoms with Gasteiger partial charge in [-0.1, -0.05) is 31.4 Å². The number of methoxy groups -OCH3 is 1. The second-order valence-electron chi connectivity index (χ2n) is 10.00. The van der Waals surface area contributed by atoms with Crippen molar-refractivity contribution >= 4 is 23.3 Å². The van der Waals surface area contributed by atoms with Crippen molar-refractivity contribution in [3.63, 3.8) is 0 Å². The third kappa shape index (κ3) is 5.90. The molecule has 1 aliphatic carbocycles. The largest absolute Gasteiger partial charge is 0.496 e. The Labute approximate surface area is 214 Å². The summed E-state index contributed by atoms with van der Waals surface area (Å²) in [5, 5.41) is 7.67. The molecular weight excluding hydrogens is 495 g/mol. The molecule has 2 fully saturated rings. The minimum Gasteiger partial charge on any atom is -0.496 e. The Morgan fingerprint density at radius 1 is 1.22 bits per heavy atom. The van der Waals surface area contributed by atoms with Crippen LogP contribution in [0, 0.1) is 17.8 Å². The molecule has 0 aromatic carbocycles. The summed E-state index contributed by atoms with van der Waals surface area (Å²) in [4.78, 5) is 19.2. The zero-order valence-electron chi connectivity index (χ0n) is 20.9. The van der Waals surface area contributed by atoms with Gasteiger partial charge in [0.15, 0.2) is 5.69 Å². The zero-order valence-corrected chi connectivity index (χ0v) is 21.6. The Balaban J connectivity index is 1.50. The van der Waals surface area contributed by atoms with E-state index in [1.165, 1.54) is 20.0 Å². The predicted octanol–water partition coefficient (Wildman–Crippen LogP) is 5.57. The predicted molar refractivity (Wildman–Crippen MR) is 133 cm³/mol. The van der Waals surface area contributed by atoms with Crippen LogP contribution in [-0.4, -0.2) is 53.6 Å². The van der Waals surface area contributed by atoms with Crippen LogP contribution in [0.15, 0.2) is 12.3 Å². The fourth-order valence-electron chi connectivity index (χ4n) is 5.08. The fraction of sp³-hybridized carbons (Fsp3) is 0.640. The van der Waals surface area contributed by atoms with Gasteiger partial charge in [-0.05, 0) is 31.6 Å². The van der Waals surface area contributed by atoms with Crippen molar-refractivity contribution in [2.24, 2.45) is 17.8 Å². The number of anilines is 1. The maximum atomic E-state index is 13.0. The number of amides is 1. The summed E-state index contributed by atoms with van der Waals surface area (Å²) >= 11 is 6.68. The van der Waals surface area contributed by atoms with Crippen molar-refractivity contribution in [3.8, 4) is 17.0 Å². The molecular formula is C25H33ClF3N5O2. The number of pyridine rings is 1. The van der Waals surface area contributed by atoms with E-state index in [1.807, 2.05) is 6.92 Å². The fourth-order valence-corrected chi connectivity index (χ4v) is 5.41. The number of nitrogens with one attached hydrogen (secondary N) is 1. The SMILES string of the molecule is CCn1nc(C(=O)NCC2CCC(C)CC2)c(Cl)c1-c1cnc(N2CC(CC(F)(F)F)C2)cc1OC. The standard InChI is InChI=1S/C25H33ClF3N5O2/c1-4-34-23(21(26)22(32-34)24(35)31-11-16-7-5-15(2)6-8-16)18-12-30-20(9-19(18)36-3)33-13-17(14-33)10-25(27,28)29/h9,12,15-17H,4-8,10-11,13-14H2,1-3H3,(H,31,35). The second kappa shape index (κ2) is 10.9. The first-order valence-electron chi connectivity index (χ1n) is 12.5. The van der Waals surface area contributed by atoms with E-state index in [-0.39, 0.29) is 29.7 Å². The number of halogens is 4. The molecule has 0 radical (unpaired) electrons. The molecule has 1 N–H and O–H groups in total. The number of hydrogen-bond donors (Lipinski definition) is 1. The zero-order chi connectivity index (χ0) is 26.0. The topological polar surface area (TPSA) is 72.3 Å². The van der Waals surface area contributed by atoms with Crippen LogP contribution >= 0.6 is 11.6 Å². The molecule has 0 unspecified atom stereocenters. The van der Waals surface area contributed by atoms with Crippen molar-refractivity contribution in [1.82, 2.24) is 20.1 Å². The molecule has 0 spiro atoms. The van der Waals surface area contributed by atoms with E-state index < -0.39 is 18.5 Å². The van der Waals surface area contributed by atoms with Gasteiger partial charge < -0.3 is 15.0 Å². The summed E-state index contributed by atoms with van der Waals surface area (Å²) in [6.45, 7) is 5.80. The molecule has 7 nitrogen and oxygen atoms in total. The van der Waals surface area contributed by atoms with Crippen molar-refractivity contribution in [2.45, 2.75) is 58.7 Å². The highest BCUT2D eigenvalue weighted by molar-refractivity contribution is 6.36. The third-order valence-corrected chi connectivity index (χ3v) is 7.58. The van der Waals surface area contributed by atoms with Gasteiger partial charge in [-0.15, -0.1) is 0 Å². The number of hydrogen-bond acceptors (Lipinski definition) is 5. The van der Waals surface area contributed by atoms with Gasteiger partial charge in [0.05, 0.1) is 23.4 Å². The first-order chi connectivity index (χ1) is 17.1. The van der Waals surface area contributed by atoms with Gasteiger partial charge >= 0.3 is 6.18 Å². The molecule has 1 amide bonds. The van der Waals surface area contributed by atoms with Gasteiger partial charge in [-0.3, -0.25) is 9.48 Å². The molecule has 4 rings (SSSR count). The molecule has 1 saturated heterocycles. The first kappa shape index (κ1) is 26.6. The first-order valence-corrected chi connectivity index (χ1v) is 12.9. The summed E-state index contributed by atoms with van der Waals surface area (Å²) in [7, 11) is 1.50. The van der Waals surface area contributed by atoms with Gasteiger partial charge in [0, 0.05) is 50.8 Å². The number of ether oxygens (including phenoxy) is 1. The Kier molecular flexibility index (Phi) is 8.02. The summed E-state index contributed by atoms with van der Waals surface area (Å²) in [6, 6.07) is 1.69. The second-order valence-corrected chi connectivity index (χ2v) is 10.4. The number of alkyl halides is 3. The van der Waals surface area contributed by atoms with Crippen molar-refractivity contribution < 1.29 is 22.7 Å². The van der Waals surface area contributed by atoms with Gasteiger partial charge in [0.1, 0.15) is 11.6 Å². The van der Waals surface area contributed by atoms with Crippen LogP contribution in [0.1, 0.15) is 56.4 Å². The highest BCUT2D eigenvalue weighted by Crippen LogP contribution is 2.40. The van der Waals surface area contributed by atoms with Gasteiger partial charge in [-0.2, -0.15) is 18.3 Å². The molecule has 198 valence electrons. The molecule has 36 heavy (non-hydrogen) atoms. The Morgan fingerprint density at radius 2 is 1.92 bits per heavy atom. The lowest BCUT2D eigenvalue weighted by atomic mass is 9.83. The van der Waals surface area contributed by atoms with Crippen LogP contribution in [0.5, 0.6) is 5.75 Å². The molecule has 1 saturated carbocycles. The van der Waals surface area contributed by atoms with Crippen LogP contribution in [0.4, 0.5) is 19.0 Å². The van der Waals surface area contributed by atoms with Crippen molar-refractivity contribution in [3.05, 3.63) is 23.0 Å². The van der Waals surface area contributed by atoms with E-state index in [2.05, 4.69) is 22.3 Å². The minimum atomic E-state index is -4.17. The van der Waals surface area contributed by atoms with Gasteiger partial charge in [0.25, 0.3) is 5.91 Å². The lowest BCUT2D eigenvalue weighted by Crippen LogP contribution is -2.48. The smallest absolute Gasteiger partial charge is 0.389 e.